The molecule has 2 heteroatoms. The largest absolute Gasteiger partial charge is 0.508 e. The zero-order valence-electron chi connectivity index (χ0n) is 17.6. The van der Waals surface area contributed by atoms with Gasteiger partial charge in [0.25, 0.3) is 0 Å². The Morgan fingerprint density at radius 3 is 2.59 bits per heavy atom. The Kier molecular flexibility index (Phi) is 4.40. The third kappa shape index (κ3) is 2.95. The van der Waals surface area contributed by atoms with Crippen molar-refractivity contribution >= 4 is 6.08 Å². The van der Waals surface area contributed by atoms with Crippen LogP contribution in [0.15, 0.2) is 48.5 Å². The van der Waals surface area contributed by atoms with E-state index in [1.807, 2.05) is 12.1 Å². The number of hydrogen-bond acceptors (Lipinski definition) is 2. The number of benzene rings is 2. The van der Waals surface area contributed by atoms with Gasteiger partial charge in [0.15, 0.2) is 0 Å². The van der Waals surface area contributed by atoms with E-state index < -0.39 is 5.60 Å². The average Bonchev–Trinajstić information content (AvgIpc) is 2.98. The van der Waals surface area contributed by atoms with Crippen LogP contribution in [-0.4, -0.2) is 15.8 Å². The molecule has 29 heavy (non-hydrogen) atoms. The molecule has 152 valence electrons. The van der Waals surface area contributed by atoms with E-state index in [1.165, 1.54) is 23.1 Å². The lowest BCUT2D eigenvalue weighted by Gasteiger charge is -2.52. The Hall–Kier alpha value is -2.06. The lowest BCUT2D eigenvalue weighted by molar-refractivity contribution is -0.0705. The molecule has 2 fully saturated rings. The van der Waals surface area contributed by atoms with Crippen molar-refractivity contribution in [2.75, 3.05) is 0 Å². The lowest BCUT2D eigenvalue weighted by Crippen LogP contribution is -2.49. The van der Waals surface area contributed by atoms with Crippen LogP contribution >= 0.6 is 0 Å². The number of rotatable bonds is 2. The highest BCUT2D eigenvalue weighted by molar-refractivity contribution is 5.52. The number of aromatic hydroxyl groups is 1. The number of phenolic OH excluding ortho intramolecular Hbond substituents is 1. The van der Waals surface area contributed by atoms with E-state index >= 15 is 0 Å². The van der Waals surface area contributed by atoms with Crippen LogP contribution in [0, 0.1) is 24.2 Å². The summed E-state index contributed by atoms with van der Waals surface area (Å²) >= 11 is 0. The van der Waals surface area contributed by atoms with Crippen molar-refractivity contribution in [3.05, 3.63) is 70.8 Å². The molecule has 0 unspecified atom stereocenters. The molecule has 2 saturated carbocycles. The molecular weight excluding hydrogens is 356 g/mol. The maximum Gasteiger partial charge on any atom is 0.115 e. The van der Waals surface area contributed by atoms with Crippen molar-refractivity contribution in [1.82, 2.24) is 0 Å². The second-order valence-corrected chi connectivity index (χ2v) is 9.96. The Bertz CT molecular complexity index is 944. The zero-order valence-corrected chi connectivity index (χ0v) is 17.6. The van der Waals surface area contributed by atoms with Crippen LogP contribution in [-0.2, 0) is 6.42 Å². The van der Waals surface area contributed by atoms with Gasteiger partial charge in [-0.25, -0.2) is 0 Å². The Labute approximate surface area is 174 Å². The van der Waals surface area contributed by atoms with Crippen LogP contribution in [0.3, 0.4) is 0 Å². The molecule has 0 heterocycles. The van der Waals surface area contributed by atoms with Gasteiger partial charge < -0.3 is 10.2 Å². The summed E-state index contributed by atoms with van der Waals surface area (Å²) in [4.78, 5) is 0. The first-order chi connectivity index (χ1) is 13.9. The molecular formula is C27H32O2. The monoisotopic (exact) mass is 388 g/mol. The normalized spacial score (nSPS) is 35.9. The van der Waals surface area contributed by atoms with Gasteiger partial charge in [0.2, 0.25) is 0 Å². The molecule has 0 aliphatic heterocycles. The van der Waals surface area contributed by atoms with Gasteiger partial charge in [-0.3, -0.25) is 0 Å². The molecule has 0 aromatic heterocycles. The SMILES string of the molecule is Cc1ccc(/C=C\[C@]2(O)CC[C@H]3[C@@H]4CCc5cc(O)ccc5[C@H]4CC[C@@]32C)cc1. The second-order valence-electron chi connectivity index (χ2n) is 9.96. The van der Waals surface area contributed by atoms with E-state index in [-0.39, 0.29) is 5.41 Å². The average molecular weight is 389 g/mol. The molecule has 3 aliphatic rings. The van der Waals surface area contributed by atoms with Crippen LogP contribution in [0.4, 0.5) is 0 Å². The molecule has 2 N–H and O–H groups in total. The van der Waals surface area contributed by atoms with Gasteiger partial charge in [0, 0.05) is 5.41 Å². The highest BCUT2D eigenvalue weighted by atomic mass is 16.3. The molecule has 5 rings (SSSR count). The Balaban J connectivity index is 1.42. The topological polar surface area (TPSA) is 40.5 Å². The number of fused-ring (bicyclic) bond motifs is 5. The standard InChI is InChI=1S/C27H32O2/c1-18-3-5-19(6-4-18)11-15-27(29)16-13-25-24-9-7-20-17-21(28)8-10-22(20)23(24)12-14-26(25,27)2/h3-6,8,10-11,15,17,23-25,28-29H,7,9,12-14,16H2,1-2H3/b15-11-/t23-,24-,25+,26+,27+/m1/s1. The van der Waals surface area contributed by atoms with Crippen LogP contribution in [0.25, 0.3) is 6.08 Å². The molecule has 0 bridgehead atoms. The summed E-state index contributed by atoms with van der Waals surface area (Å²) in [5.41, 5.74) is 4.44. The first kappa shape index (κ1) is 18.9. The maximum absolute atomic E-state index is 11.8. The van der Waals surface area contributed by atoms with Crippen molar-refractivity contribution in [3.8, 4) is 5.75 Å². The van der Waals surface area contributed by atoms with Crippen molar-refractivity contribution in [2.45, 2.75) is 63.9 Å². The quantitative estimate of drug-likeness (QED) is 0.662. The summed E-state index contributed by atoms with van der Waals surface area (Å²) in [6.07, 6.45) is 10.6. The summed E-state index contributed by atoms with van der Waals surface area (Å²) in [7, 11) is 0. The van der Waals surface area contributed by atoms with Crippen LogP contribution in [0.2, 0.25) is 0 Å². The molecule has 0 spiro atoms. The molecule has 0 radical (unpaired) electrons. The van der Waals surface area contributed by atoms with Crippen molar-refractivity contribution in [2.24, 2.45) is 17.3 Å². The molecule has 2 aromatic rings. The van der Waals surface area contributed by atoms with Gasteiger partial charge in [-0.1, -0.05) is 55.0 Å². The van der Waals surface area contributed by atoms with Gasteiger partial charge in [-0.05, 0) is 92.0 Å². The number of aryl methyl sites for hydroxylation is 2. The van der Waals surface area contributed by atoms with Crippen LogP contribution < -0.4 is 0 Å². The fourth-order valence-electron chi connectivity index (χ4n) is 6.81. The zero-order chi connectivity index (χ0) is 20.2. The summed E-state index contributed by atoms with van der Waals surface area (Å²) in [5, 5.41) is 21.6. The number of hydrogen-bond donors (Lipinski definition) is 2. The molecule has 0 saturated heterocycles. The maximum atomic E-state index is 11.8. The van der Waals surface area contributed by atoms with E-state index in [4.69, 9.17) is 0 Å². The highest BCUT2D eigenvalue weighted by Gasteiger charge is 2.60. The predicted molar refractivity (Wildman–Crippen MR) is 118 cm³/mol. The van der Waals surface area contributed by atoms with Crippen LogP contribution in [0.1, 0.15) is 67.2 Å². The van der Waals surface area contributed by atoms with Gasteiger partial charge in [0.1, 0.15) is 5.75 Å². The van der Waals surface area contributed by atoms with E-state index in [9.17, 15) is 10.2 Å². The van der Waals surface area contributed by atoms with Gasteiger partial charge >= 0.3 is 0 Å². The first-order valence-corrected chi connectivity index (χ1v) is 11.2. The summed E-state index contributed by atoms with van der Waals surface area (Å²) in [5.74, 6) is 2.18. The second kappa shape index (κ2) is 6.74. The van der Waals surface area contributed by atoms with Gasteiger partial charge in [-0.15, -0.1) is 0 Å². The molecule has 0 amide bonds. The third-order valence-corrected chi connectivity index (χ3v) is 8.55. The first-order valence-electron chi connectivity index (χ1n) is 11.2. The fourth-order valence-corrected chi connectivity index (χ4v) is 6.81. The van der Waals surface area contributed by atoms with Gasteiger partial charge in [-0.2, -0.15) is 0 Å². The molecule has 2 aromatic carbocycles. The number of phenols is 1. The highest BCUT2D eigenvalue weighted by Crippen LogP contribution is 2.64. The van der Waals surface area contributed by atoms with E-state index in [2.05, 4.69) is 56.3 Å². The van der Waals surface area contributed by atoms with Crippen molar-refractivity contribution < 1.29 is 10.2 Å². The van der Waals surface area contributed by atoms with Crippen LogP contribution in [0.5, 0.6) is 5.75 Å². The minimum atomic E-state index is -0.719. The smallest absolute Gasteiger partial charge is 0.115 e. The predicted octanol–water partition coefficient (Wildman–Crippen LogP) is 6.00. The van der Waals surface area contributed by atoms with Crippen molar-refractivity contribution in [3.63, 3.8) is 0 Å². The minimum Gasteiger partial charge on any atom is -0.508 e. The molecule has 3 aliphatic carbocycles. The Morgan fingerprint density at radius 2 is 1.79 bits per heavy atom. The molecule has 5 atom stereocenters. The van der Waals surface area contributed by atoms with Gasteiger partial charge in [0.05, 0.1) is 5.60 Å². The summed E-state index contributed by atoms with van der Waals surface area (Å²) < 4.78 is 0. The minimum absolute atomic E-state index is 0.0518. The molecule has 2 nitrogen and oxygen atoms in total. The third-order valence-electron chi connectivity index (χ3n) is 8.55. The van der Waals surface area contributed by atoms with E-state index in [1.54, 1.807) is 0 Å². The number of aliphatic hydroxyl groups is 1. The van der Waals surface area contributed by atoms with Crippen molar-refractivity contribution in [1.29, 1.82) is 0 Å². The fraction of sp³-hybridized carbons (Fsp3) is 0.481. The summed E-state index contributed by atoms with van der Waals surface area (Å²) in [6.45, 7) is 4.44. The van der Waals surface area contributed by atoms with E-state index in [0.717, 1.165) is 37.7 Å². The Morgan fingerprint density at radius 1 is 1.00 bits per heavy atom. The van der Waals surface area contributed by atoms with E-state index in [0.29, 0.717) is 23.5 Å². The summed E-state index contributed by atoms with van der Waals surface area (Å²) in [6, 6.07) is 14.5. The lowest BCUT2D eigenvalue weighted by atomic mass is 9.53.